The summed E-state index contributed by atoms with van der Waals surface area (Å²) in [7, 11) is -0.114. The molecule has 10 nitrogen and oxygen atoms in total. The third-order valence-electron chi connectivity index (χ3n) is 4.87. The number of rotatable bonds is 8. The van der Waals surface area contributed by atoms with Gasteiger partial charge in [-0.05, 0) is 51.4 Å². The first-order chi connectivity index (χ1) is 15.7. The summed E-state index contributed by atoms with van der Waals surface area (Å²) < 4.78 is 41.2. The largest absolute Gasteiger partial charge is 0.368 e. The highest BCUT2D eigenvalue weighted by Crippen LogP contribution is 2.27. The molecule has 0 unspecified atom stereocenters. The van der Waals surface area contributed by atoms with Crippen LogP contribution in [0.25, 0.3) is 22.4 Å². The number of aromatic amines is 1. The van der Waals surface area contributed by atoms with Crippen molar-refractivity contribution in [1.82, 2.24) is 30.0 Å². The Bertz CT molecular complexity index is 1390. The second-order valence-electron chi connectivity index (χ2n) is 7.65. The zero-order valence-corrected chi connectivity index (χ0v) is 19.1. The molecule has 3 N–H and O–H groups in total. The minimum Gasteiger partial charge on any atom is -0.368 e. The van der Waals surface area contributed by atoms with E-state index in [1.165, 1.54) is 6.20 Å². The number of sulfonamides is 1. The molecule has 0 radical (unpaired) electrons. The summed E-state index contributed by atoms with van der Waals surface area (Å²) in [6, 6.07) is 7.61. The molecule has 0 atom stereocenters. The molecule has 0 fully saturated rings. The molecule has 172 valence electrons. The molecule has 3 heterocycles. The first-order valence-electron chi connectivity index (χ1n) is 10.1. The van der Waals surface area contributed by atoms with Gasteiger partial charge in [-0.2, -0.15) is 5.10 Å². The maximum Gasteiger partial charge on any atom is 0.264 e. The summed E-state index contributed by atoms with van der Waals surface area (Å²) in [5, 5.41) is 11.3. The van der Waals surface area contributed by atoms with Gasteiger partial charge in [0.2, 0.25) is 0 Å². The molecule has 0 aliphatic rings. The van der Waals surface area contributed by atoms with Crippen LogP contribution in [0.1, 0.15) is 5.69 Å². The molecule has 0 saturated heterocycles. The van der Waals surface area contributed by atoms with Crippen LogP contribution in [0.15, 0.2) is 47.6 Å². The molecule has 4 aromatic rings. The van der Waals surface area contributed by atoms with Gasteiger partial charge in [0.15, 0.2) is 17.3 Å². The Balaban J connectivity index is 1.61. The van der Waals surface area contributed by atoms with Crippen LogP contribution in [0, 0.1) is 12.7 Å². The number of nitrogens with one attached hydrogen (secondary N) is 3. The van der Waals surface area contributed by atoms with Gasteiger partial charge in [-0.25, -0.2) is 22.8 Å². The van der Waals surface area contributed by atoms with Crippen LogP contribution in [0.4, 0.5) is 15.9 Å². The Hall–Kier alpha value is -3.64. The number of aromatic nitrogens is 5. The van der Waals surface area contributed by atoms with Crippen molar-refractivity contribution in [3.8, 4) is 11.4 Å². The number of likely N-dealkylation sites (N-methyl/N-ethyl adjacent to an activating group) is 1. The normalized spacial score (nSPS) is 11.8. The fraction of sp³-hybridized carbons (Fsp3) is 0.238. The molecule has 0 aliphatic carbocycles. The lowest BCUT2D eigenvalue weighted by molar-refractivity contribution is 0.425. The minimum atomic E-state index is -4.10. The molecule has 0 aliphatic heterocycles. The standard InChI is InChI=1S/C21H23FN8O2S/c1-13-18-20(24-10-11-30(2)3)25-19(26-21(18)28-27-13)14-4-6-15(7-5-14)29-33(31,32)17-8-9-23-12-16(17)22/h4-9,12,29H,10-11H2,1-3H3,(H2,24,25,26,27,28). The number of aryl methyl sites for hydroxylation is 1. The molecular formula is C21H23FN8O2S. The molecule has 12 heteroatoms. The van der Waals surface area contributed by atoms with Gasteiger partial charge in [0.25, 0.3) is 10.0 Å². The van der Waals surface area contributed by atoms with Gasteiger partial charge in [-0.3, -0.25) is 14.8 Å². The Morgan fingerprint density at radius 2 is 1.88 bits per heavy atom. The zero-order valence-electron chi connectivity index (χ0n) is 18.3. The number of hydrogen-bond acceptors (Lipinski definition) is 8. The van der Waals surface area contributed by atoms with Gasteiger partial charge in [0, 0.05) is 30.5 Å². The van der Waals surface area contributed by atoms with E-state index in [9.17, 15) is 12.8 Å². The molecule has 0 saturated carbocycles. The lowest BCUT2D eigenvalue weighted by atomic mass is 10.2. The maximum atomic E-state index is 13.9. The quantitative estimate of drug-likeness (QED) is 0.358. The van der Waals surface area contributed by atoms with Crippen LogP contribution in [0.3, 0.4) is 0 Å². The molecule has 0 bridgehead atoms. The van der Waals surface area contributed by atoms with Gasteiger partial charge in [0.05, 0.1) is 17.3 Å². The van der Waals surface area contributed by atoms with Crippen LogP contribution < -0.4 is 10.0 Å². The number of hydrogen-bond donors (Lipinski definition) is 3. The van der Waals surface area contributed by atoms with Crippen molar-refractivity contribution < 1.29 is 12.8 Å². The van der Waals surface area contributed by atoms with Crippen molar-refractivity contribution in [3.63, 3.8) is 0 Å². The molecule has 33 heavy (non-hydrogen) atoms. The Morgan fingerprint density at radius 3 is 2.58 bits per heavy atom. The summed E-state index contributed by atoms with van der Waals surface area (Å²) in [6.07, 6.45) is 2.07. The molecule has 0 spiro atoms. The van der Waals surface area contributed by atoms with E-state index < -0.39 is 20.7 Å². The summed E-state index contributed by atoms with van der Waals surface area (Å²) >= 11 is 0. The lowest BCUT2D eigenvalue weighted by Crippen LogP contribution is -2.21. The van der Waals surface area contributed by atoms with E-state index in [0.29, 0.717) is 29.4 Å². The van der Waals surface area contributed by atoms with Gasteiger partial charge in [-0.1, -0.05) is 0 Å². The number of pyridine rings is 1. The summed E-state index contributed by atoms with van der Waals surface area (Å²) in [4.78, 5) is 14.4. The van der Waals surface area contributed by atoms with Gasteiger partial charge in [0.1, 0.15) is 10.7 Å². The number of fused-ring (bicyclic) bond motifs is 1. The fourth-order valence-electron chi connectivity index (χ4n) is 3.21. The summed E-state index contributed by atoms with van der Waals surface area (Å²) in [5.41, 5.74) is 2.34. The number of halogens is 1. The smallest absolute Gasteiger partial charge is 0.264 e. The van der Waals surface area contributed by atoms with Crippen LogP contribution in [-0.2, 0) is 10.0 Å². The SMILES string of the molecule is Cc1n[nH]c2nc(-c3ccc(NS(=O)(=O)c4ccncc4F)cc3)nc(NCCN(C)C)c12. The second-order valence-corrected chi connectivity index (χ2v) is 9.30. The first kappa shape index (κ1) is 22.6. The van der Waals surface area contributed by atoms with E-state index in [2.05, 4.69) is 40.1 Å². The van der Waals surface area contributed by atoms with Crippen molar-refractivity contribution in [1.29, 1.82) is 0 Å². The fourth-order valence-corrected chi connectivity index (χ4v) is 4.32. The van der Waals surface area contributed by atoms with Gasteiger partial charge >= 0.3 is 0 Å². The second kappa shape index (κ2) is 9.08. The predicted octanol–water partition coefficient (Wildman–Crippen LogP) is 2.64. The lowest BCUT2D eigenvalue weighted by Gasteiger charge is -2.13. The Kier molecular flexibility index (Phi) is 6.20. The van der Waals surface area contributed by atoms with E-state index in [1.807, 2.05) is 21.0 Å². The van der Waals surface area contributed by atoms with E-state index >= 15 is 0 Å². The summed E-state index contributed by atoms with van der Waals surface area (Å²) in [6.45, 7) is 3.39. The molecule has 3 aromatic heterocycles. The zero-order chi connectivity index (χ0) is 23.6. The van der Waals surface area contributed by atoms with Crippen molar-refractivity contribution >= 4 is 32.6 Å². The van der Waals surface area contributed by atoms with Crippen LogP contribution in [-0.4, -0.2) is 65.7 Å². The van der Waals surface area contributed by atoms with Gasteiger partial charge < -0.3 is 10.2 Å². The predicted molar refractivity (Wildman–Crippen MR) is 124 cm³/mol. The average molecular weight is 471 g/mol. The number of anilines is 2. The van der Waals surface area contributed by atoms with Crippen molar-refractivity contribution in [2.45, 2.75) is 11.8 Å². The van der Waals surface area contributed by atoms with Crippen molar-refractivity contribution in [2.75, 3.05) is 37.2 Å². The van der Waals surface area contributed by atoms with Crippen LogP contribution in [0.2, 0.25) is 0 Å². The molecular weight excluding hydrogens is 447 g/mol. The van der Waals surface area contributed by atoms with E-state index in [4.69, 9.17) is 0 Å². The monoisotopic (exact) mass is 470 g/mol. The minimum absolute atomic E-state index is 0.276. The maximum absolute atomic E-state index is 13.9. The molecule has 0 amide bonds. The third kappa shape index (κ3) is 4.91. The van der Waals surface area contributed by atoms with E-state index in [1.54, 1.807) is 24.3 Å². The summed E-state index contributed by atoms with van der Waals surface area (Å²) in [5.74, 6) is 0.196. The topological polar surface area (TPSA) is 129 Å². The van der Waals surface area contributed by atoms with Gasteiger partial charge in [-0.15, -0.1) is 0 Å². The third-order valence-corrected chi connectivity index (χ3v) is 6.29. The highest BCUT2D eigenvalue weighted by molar-refractivity contribution is 7.92. The van der Waals surface area contributed by atoms with Crippen molar-refractivity contribution in [3.05, 3.63) is 54.2 Å². The molecule has 4 rings (SSSR count). The Morgan fingerprint density at radius 1 is 1.12 bits per heavy atom. The molecule has 1 aromatic carbocycles. The highest BCUT2D eigenvalue weighted by Gasteiger charge is 2.19. The van der Waals surface area contributed by atoms with Crippen molar-refractivity contribution in [2.24, 2.45) is 0 Å². The van der Waals surface area contributed by atoms with E-state index in [0.717, 1.165) is 29.9 Å². The van der Waals surface area contributed by atoms with Crippen LogP contribution >= 0.6 is 0 Å². The number of H-pyrrole nitrogens is 1. The number of benzene rings is 1. The van der Waals surface area contributed by atoms with E-state index in [-0.39, 0.29) is 5.69 Å². The first-order valence-corrected chi connectivity index (χ1v) is 11.6. The number of nitrogens with zero attached hydrogens (tertiary/aromatic N) is 5. The van der Waals surface area contributed by atoms with Crippen LogP contribution in [0.5, 0.6) is 0 Å². The highest BCUT2D eigenvalue weighted by atomic mass is 32.2. The average Bonchev–Trinajstić information content (AvgIpc) is 3.15. The Labute approximate surface area is 190 Å².